The third-order valence-corrected chi connectivity index (χ3v) is 6.49. The van der Waals surface area contributed by atoms with E-state index in [2.05, 4.69) is 4.98 Å². The van der Waals surface area contributed by atoms with Crippen LogP contribution in [0.4, 0.5) is 0 Å². The van der Waals surface area contributed by atoms with Crippen molar-refractivity contribution in [1.29, 1.82) is 0 Å². The molecule has 8 heteroatoms. The Morgan fingerprint density at radius 2 is 1.97 bits per heavy atom. The number of pyridine rings is 1. The molecule has 174 valence electrons. The van der Waals surface area contributed by atoms with Crippen LogP contribution in [0, 0.1) is 0 Å². The Hall–Kier alpha value is -2.35. The van der Waals surface area contributed by atoms with Crippen LogP contribution in [-0.4, -0.2) is 71.8 Å². The number of carbonyl (C=O) groups excluding carboxylic acids is 1. The monoisotopic (exact) mass is 461 g/mol. The van der Waals surface area contributed by atoms with Gasteiger partial charge in [-0.1, -0.05) is 17.7 Å². The normalized spacial score (nSPS) is 16.7. The second-order valence-corrected chi connectivity index (χ2v) is 9.01. The number of rotatable bonds is 8. The molecule has 1 unspecified atom stereocenters. The summed E-state index contributed by atoms with van der Waals surface area (Å²) in [6.45, 7) is 3.40. The smallest absolute Gasteiger partial charge is 0.240 e. The van der Waals surface area contributed by atoms with E-state index in [1.807, 2.05) is 48.0 Å². The fraction of sp³-hybridized carbons (Fsp3) is 0.500. The quantitative estimate of drug-likeness (QED) is 0.650. The molecule has 1 N–H and O–H groups in total. The fourth-order valence-corrected chi connectivity index (χ4v) is 4.19. The van der Waals surface area contributed by atoms with Crippen LogP contribution >= 0.6 is 11.6 Å². The minimum atomic E-state index is -0.719. The highest BCUT2D eigenvalue weighted by Crippen LogP contribution is 2.28. The first-order valence-electron chi connectivity index (χ1n) is 10.7. The number of methoxy groups -OCH3 is 2. The van der Waals surface area contributed by atoms with Crippen LogP contribution < -0.4 is 9.47 Å². The lowest BCUT2D eigenvalue weighted by atomic mass is 9.93. The van der Waals surface area contributed by atoms with E-state index in [-0.39, 0.29) is 5.91 Å². The van der Waals surface area contributed by atoms with Gasteiger partial charge < -0.3 is 19.5 Å². The molecule has 1 amide bonds. The molecule has 0 aliphatic carbocycles. The summed E-state index contributed by atoms with van der Waals surface area (Å²) in [6, 6.07) is 7.10. The van der Waals surface area contributed by atoms with Gasteiger partial charge in [0, 0.05) is 43.7 Å². The van der Waals surface area contributed by atoms with Gasteiger partial charge in [0.25, 0.3) is 0 Å². The number of aromatic nitrogens is 1. The van der Waals surface area contributed by atoms with Crippen LogP contribution in [0.5, 0.6) is 11.5 Å². The zero-order valence-electron chi connectivity index (χ0n) is 19.2. The first kappa shape index (κ1) is 24.3. The van der Waals surface area contributed by atoms with Gasteiger partial charge in [-0.15, -0.1) is 0 Å². The van der Waals surface area contributed by atoms with Gasteiger partial charge in [0.15, 0.2) is 0 Å². The number of benzene rings is 1. The van der Waals surface area contributed by atoms with E-state index in [1.54, 1.807) is 26.6 Å². The molecule has 1 aromatic carbocycles. The Morgan fingerprint density at radius 3 is 2.59 bits per heavy atom. The summed E-state index contributed by atoms with van der Waals surface area (Å²) >= 11 is 6.37. The van der Waals surface area contributed by atoms with E-state index < -0.39 is 11.6 Å². The maximum Gasteiger partial charge on any atom is 0.240 e. The van der Waals surface area contributed by atoms with Crippen LogP contribution in [-0.2, 0) is 17.8 Å². The summed E-state index contributed by atoms with van der Waals surface area (Å²) in [5.74, 6) is 1.45. The van der Waals surface area contributed by atoms with Crippen molar-refractivity contribution in [3.8, 4) is 11.5 Å². The van der Waals surface area contributed by atoms with E-state index in [0.717, 1.165) is 11.1 Å². The molecule has 1 saturated heterocycles. The molecule has 1 fully saturated rings. The minimum absolute atomic E-state index is 0.0309. The Labute approximate surface area is 194 Å². The number of nitrogens with zero attached hydrogens (tertiary/aromatic N) is 3. The topological polar surface area (TPSA) is 75.1 Å². The molecular formula is C24H32ClN3O4. The van der Waals surface area contributed by atoms with Gasteiger partial charge in [-0.2, -0.15) is 0 Å². The van der Waals surface area contributed by atoms with Crippen LogP contribution in [0.15, 0.2) is 36.7 Å². The zero-order chi connectivity index (χ0) is 23.3. The number of carbonyl (C=O) groups is 1. The third-order valence-electron chi connectivity index (χ3n) is 6.15. The van der Waals surface area contributed by atoms with Gasteiger partial charge >= 0.3 is 0 Å². The molecule has 32 heavy (non-hydrogen) atoms. The van der Waals surface area contributed by atoms with Gasteiger partial charge in [0.05, 0.1) is 30.9 Å². The Bertz CT molecular complexity index is 927. The molecule has 1 aliphatic rings. The molecule has 0 spiro atoms. The average Bonchev–Trinajstić information content (AvgIpc) is 2.78. The maximum atomic E-state index is 13.6. The van der Waals surface area contributed by atoms with Gasteiger partial charge in [-0.05, 0) is 50.9 Å². The number of hydrogen-bond donors (Lipinski definition) is 1. The number of likely N-dealkylation sites (tertiary alicyclic amines) is 1. The van der Waals surface area contributed by atoms with Crippen molar-refractivity contribution in [3.05, 3.63) is 52.8 Å². The summed E-state index contributed by atoms with van der Waals surface area (Å²) < 4.78 is 10.8. The van der Waals surface area contributed by atoms with E-state index in [9.17, 15) is 9.90 Å². The van der Waals surface area contributed by atoms with Crippen molar-refractivity contribution in [2.24, 2.45) is 0 Å². The highest BCUT2D eigenvalue weighted by Gasteiger charge is 2.34. The minimum Gasteiger partial charge on any atom is -0.497 e. The molecule has 7 nitrogen and oxygen atoms in total. The van der Waals surface area contributed by atoms with Crippen molar-refractivity contribution >= 4 is 17.5 Å². The second kappa shape index (κ2) is 10.5. The third kappa shape index (κ3) is 5.91. The summed E-state index contributed by atoms with van der Waals surface area (Å²) in [5, 5.41) is 10.8. The van der Waals surface area contributed by atoms with E-state index in [0.29, 0.717) is 55.4 Å². The van der Waals surface area contributed by atoms with E-state index >= 15 is 0 Å². The number of halogens is 1. The summed E-state index contributed by atoms with van der Waals surface area (Å²) in [7, 11) is 5.17. The molecule has 2 heterocycles. The van der Waals surface area contributed by atoms with Crippen molar-refractivity contribution in [3.63, 3.8) is 0 Å². The highest BCUT2D eigenvalue weighted by molar-refractivity contribution is 6.31. The van der Waals surface area contributed by atoms with Crippen LogP contribution in [0.1, 0.15) is 30.9 Å². The Kier molecular flexibility index (Phi) is 7.98. The van der Waals surface area contributed by atoms with E-state index in [1.165, 1.54) is 0 Å². The SMILES string of the molecule is COc1ccc(CN(C)C(Cc2ccncc2Cl)C(=O)N2CCC(C)(O)CC2)c(OC)c1. The molecule has 0 bridgehead atoms. The second-order valence-electron chi connectivity index (χ2n) is 8.60. The van der Waals surface area contributed by atoms with Gasteiger partial charge in [0.2, 0.25) is 5.91 Å². The largest absolute Gasteiger partial charge is 0.497 e. The van der Waals surface area contributed by atoms with Gasteiger partial charge in [-0.3, -0.25) is 14.7 Å². The fourth-order valence-electron chi connectivity index (χ4n) is 3.99. The molecular weight excluding hydrogens is 430 g/mol. The van der Waals surface area contributed by atoms with Crippen LogP contribution in [0.3, 0.4) is 0 Å². The molecule has 1 atom stereocenters. The van der Waals surface area contributed by atoms with Crippen LogP contribution in [0.25, 0.3) is 0 Å². The first-order valence-corrected chi connectivity index (χ1v) is 11.1. The lowest BCUT2D eigenvalue weighted by Crippen LogP contribution is -2.52. The number of ether oxygens (including phenoxy) is 2. The first-order chi connectivity index (χ1) is 15.2. The summed E-state index contributed by atoms with van der Waals surface area (Å²) in [5.41, 5.74) is 1.11. The number of likely N-dealkylation sites (N-methyl/N-ethyl adjacent to an activating group) is 1. The molecule has 1 aromatic heterocycles. The Balaban J connectivity index is 1.84. The standard InChI is InChI=1S/C24H32ClN3O4/c1-24(30)8-11-28(12-9-24)23(29)21(13-17-7-10-26-15-20(17)25)27(2)16-18-5-6-19(31-3)14-22(18)32-4/h5-7,10,14-15,21,30H,8-9,11-13,16H2,1-4H3. The molecule has 2 aromatic rings. The molecule has 1 aliphatic heterocycles. The summed E-state index contributed by atoms with van der Waals surface area (Å²) in [6.07, 6.45) is 4.88. The number of amides is 1. The van der Waals surface area contributed by atoms with Gasteiger partial charge in [0.1, 0.15) is 11.5 Å². The van der Waals surface area contributed by atoms with Gasteiger partial charge in [-0.25, -0.2) is 0 Å². The lowest BCUT2D eigenvalue weighted by molar-refractivity contribution is -0.140. The highest BCUT2D eigenvalue weighted by atomic mass is 35.5. The zero-order valence-corrected chi connectivity index (χ0v) is 19.9. The molecule has 0 saturated carbocycles. The number of hydrogen-bond acceptors (Lipinski definition) is 6. The summed E-state index contributed by atoms with van der Waals surface area (Å²) in [4.78, 5) is 21.5. The molecule has 0 radical (unpaired) electrons. The van der Waals surface area contributed by atoms with Crippen LogP contribution in [0.2, 0.25) is 5.02 Å². The van der Waals surface area contributed by atoms with Crippen molar-refractivity contribution in [2.75, 3.05) is 34.4 Å². The lowest BCUT2D eigenvalue weighted by Gasteiger charge is -2.39. The maximum absolute atomic E-state index is 13.6. The van der Waals surface area contributed by atoms with Crippen molar-refractivity contribution < 1.29 is 19.4 Å². The number of aliphatic hydroxyl groups is 1. The number of piperidine rings is 1. The van der Waals surface area contributed by atoms with Crippen molar-refractivity contribution in [2.45, 2.75) is 44.4 Å². The van der Waals surface area contributed by atoms with Crippen molar-refractivity contribution in [1.82, 2.24) is 14.8 Å². The predicted molar refractivity (Wildman–Crippen MR) is 124 cm³/mol. The Morgan fingerprint density at radius 1 is 1.25 bits per heavy atom. The van der Waals surface area contributed by atoms with E-state index in [4.69, 9.17) is 21.1 Å². The average molecular weight is 462 g/mol. The predicted octanol–water partition coefficient (Wildman–Crippen LogP) is 3.17. The molecule has 3 rings (SSSR count).